The minimum absolute atomic E-state index is 0.201. The number of methoxy groups -OCH3 is 2. The van der Waals surface area contributed by atoms with Crippen molar-refractivity contribution in [3.63, 3.8) is 0 Å². The molecule has 5 nitrogen and oxygen atoms in total. The summed E-state index contributed by atoms with van der Waals surface area (Å²) in [6.45, 7) is 3.92. The topological polar surface area (TPSA) is 59.0 Å². The largest absolute Gasteiger partial charge is 0.480 e. The van der Waals surface area contributed by atoms with Crippen molar-refractivity contribution in [2.24, 2.45) is 0 Å². The van der Waals surface area contributed by atoms with Gasteiger partial charge in [-0.2, -0.15) is 0 Å². The van der Waals surface area contributed by atoms with E-state index < -0.39 is 12.0 Å². The van der Waals surface area contributed by atoms with E-state index >= 15 is 0 Å². The van der Waals surface area contributed by atoms with Crippen LogP contribution in [0.25, 0.3) is 0 Å². The molecule has 0 aromatic rings. The van der Waals surface area contributed by atoms with Crippen LogP contribution >= 0.6 is 0 Å². The summed E-state index contributed by atoms with van der Waals surface area (Å²) in [6.07, 6.45) is 0. The van der Waals surface area contributed by atoms with Gasteiger partial charge in [-0.1, -0.05) is 6.92 Å². The smallest absolute Gasteiger partial charge is 0.323 e. The maximum absolute atomic E-state index is 10.9. The van der Waals surface area contributed by atoms with E-state index in [1.807, 2.05) is 11.8 Å². The van der Waals surface area contributed by atoms with E-state index in [2.05, 4.69) is 0 Å². The van der Waals surface area contributed by atoms with Crippen molar-refractivity contribution in [2.45, 2.75) is 13.0 Å². The molecular formula is C9H19NO4. The van der Waals surface area contributed by atoms with Crippen molar-refractivity contribution in [1.29, 1.82) is 0 Å². The lowest BCUT2D eigenvalue weighted by Crippen LogP contribution is -2.45. The van der Waals surface area contributed by atoms with Gasteiger partial charge in [-0.25, -0.2) is 0 Å². The number of carboxylic acids is 1. The van der Waals surface area contributed by atoms with Crippen LogP contribution in [0, 0.1) is 0 Å². The summed E-state index contributed by atoms with van der Waals surface area (Å²) in [5.74, 6) is -0.857. The van der Waals surface area contributed by atoms with Gasteiger partial charge in [0.05, 0.1) is 13.2 Å². The minimum Gasteiger partial charge on any atom is -0.480 e. The summed E-state index contributed by atoms with van der Waals surface area (Å²) in [5.41, 5.74) is 0. The Labute approximate surface area is 84.6 Å². The Kier molecular flexibility index (Phi) is 7.37. The molecule has 0 spiro atoms. The molecular weight excluding hydrogens is 186 g/mol. The fraction of sp³-hybridized carbons (Fsp3) is 0.889. The molecule has 1 unspecified atom stereocenters. The van der Waals surface area contributed by atoms with E-state index in [-0.39, 0.29) is 6.61 Å². The van der Waals surface area contributed by atoms with E-state index in [9.17, 15) is 4.79 Å². The second kappa shape index (κ2) is 7.73. The van der Waals surface area contributed by atoms with Gasteiger partial charge in [-0.3, -0.25) is 9.69 Å². The van der Waals surface area contributed by atoms with Crippen LogP contribution in [0.3, 0.4) is 0 Å². The van der Waals surface area contributed by atoms with Crippen LogP contribution in [0.15, 0.2) is 0 Å². The lowest BCUT2D eigenvalue weighted by Gasteiger charge is -2.26. The Hall–Kier alpha value is -0.650. The molecule has 0 bridgehead atoms. The third kappa shape index (κ3) is 4.55. The number of hydrogen-bond donors (Lipinski definition) is 1. The molecule has 0 amide bonds. The number of carboxylic acid groups (broad SMARTS) is 1. The van der Waals surface area contributed by atoms with E-state index in [1.54, 1.807) is 7.11 Å². The predicted molar refractivity (Wildman–Crippen MR) is 52.4 cm³/mol. The standard InChI is InChI=1S/C9H19NO4/c1-4-10(5-6-13-2)8(7-14-3)9(11)12/h8H,4-7H2,1-3H3,(H,11,12). The average Bonchev–Trinajstić information content (AvgIpc) is 2.17. The molecule has 5 heteroatoms. The Balaban J connectivity index is 4.18. The maximum Gasteiger partial charge on any atom is 0.323 e. The molecule has 84 valence electrons. The fourth-order valence-electron chi connectivity index (χ4n) is 1.23. The molecule has 0 saturated carbocycles. The van der Waals surface area contributed by atoms with Crippen molar-refractivity contribution in [2.75, 3.05) is 40.5 Å². The number of hydrogen-bond acceptors (Lipinski definition) is 4. The van der Waals surface area contributed by atoms with Crippen LogP contribution in [-0.4, -0.2) is 62.5 Å². The van der Waals surface area contributed by atoms with E-state index in [0.717, 1.165) is 0 Å². The molecule has 0 aliphatic heterocycles. The van der Waals surface area contributed by atoms with Crippen LogP contribution < -0.4 is 0 Å². The molecule has 0 radical (unpaired) electrons. The Morgan fingerprint density at radius 1 is 1.43 bits per heavy atom. The highest BCUT2D eigenvalue weighted by Crippen LogP contribution is 2.00. The lowest BCUT2D eigenvalue weighted by molar-refractivity contribution is -0.145. The molecule has 1 N–H and O–H groups in total. The zero-order valence-electron chi connectivity index (χ0n) is 9.02. The molecule has 1 atom stereocenters. The van der Waals surface area contributed by atoms with Crippen LogP contribution in [0.1, 0.15) is 6.92 Å². The second-order valence-corrected chi connectivity index (χ2v) is 2.93. The SMILES string of the molecule is CCN(CCOC)C(COC)C(=O)O. The summed E-state index contributed by atoms with van der Waals surface area (Å²) >= 11 is 0. The van der Waals surface area contributed by atoms with Gasteiger partial charge in [0.2, 0.25) is 0 Å². The zero-order chi connectivity index (χ0) is 11.0. The Morgan fingerprint density at radius 3 is 2.43 bits per heavy atom. The minimum atomic E-state index is -0.857. The van der Waals surface area contributed by atoms with E-state index in [1.165, 1.54) is 7.11 Å². The first-order chi connectivity index (χ1) is 6.67. The first-order valence-electron chi connectivity index (χ1n) is 4.62. The molecule has 0 heterocycles. The van der Waals surface area contributed by atoms with Crippen LogP contribution in [0.2, 0.25) is 0 Å². The number of rotatable bonds is 8. The monoisotopic (exact) mass is 205 g/mol. The first-order valence-corrected chi connectivity index (χ1v) is 4.62. The predicted octanol–water partition coefficient (Wildman–Crippen LogP) is 0.0543. The third-order valence-corrected chi connectivity index (χ3v) is 2.04. The van der Waals surface area contributed by atoms with E-state index in [0.29, 0.717) is 19.7 Å². The van der Waals surface area contributed by atoms with Gasteiger partial charge in [0.25, 0.3) is 0 Å². The van der Waals surface area contributed by atoms with Crippen LogP contribution in [0.4, 0.5) is 0 Å². The number of aliphatic carboxylic acids is 1. The number of ether oxygens (including phenoxy) is 2. The van der Waals surface area contributed by atoms with Crippen LogP contribution in [0.5, 0.6) is 0 Å². The van der Waals surface area contributed by atoms with Gasteiger partial charge in [0.1, 0.15) is 6.04 Å². The highest BCUT2D eigenvalue weighted by atomic mass is 16.5. The molecule has 0 aromatic carbocycles. The van der Waals surface area contributed by atoms with Crippen molar-refractivity contribution in [3.8, 4) is 0 Å². The number of likely N-dealkylation sites (N-methyl/N-ethyl adjacent to an activating group) is 1. The number of nitrogens with zero attached hydrogens (tertiary/aromatic N) is 1. The molecule has 14 heavy (non-hydrogen) atoms. The molecule has 0 aliphatic rings. The van der Waals surface area contributed by atoms with E-state index in [4.69, 9.17) is 14.6 Å². The highest BCUT2D eigenvalue weighted by molar-refractivity contribution is 5.73. The summed E-state index contributed by atoms with van der Waals surface area (Å²) < 4.78 is 9.77. The molecule has 0 fully saturated rings. The highest BCUT2D eigenvalue weighted by Gasteiger charge is 2.23. The molecule has 0 rings (SSSR count). The first kappa shape index (κ1) is 13.4. The summed E-state index contributed by atoms with van der Waals surface area (Å²) in [5, 5.41) is 8.94. The van der Waals surface area contributed by atoms with Gasteiger partial charge in [0, 0.05) is 20.8 Å². The van der Waals surface area contributed by atoms with Gasteiger partial charge < -0.3 is 14.6 Å². The van der Waals surface area contributed by atoms with Crippen molar-refractivity contribution in [3.05, 3.63) is 0 Å². The lowest BCUT2D eigenvalue weighted by atomic mass is 10.2. The van der Waals surface area contributed by atoms with Gasteiger partial charge in [0.15, 0.2) is 0 Å². The van der Waals surface area contributed by atoms with Crippen molar-refractivity contribution < 1.29 is 19.4 Å². The normalized spacial score (nSPS) is 13.1. The van der Waals surface area contributed by atoms with Crippen molar-refractivity contribution in [1.82, 2.24) is 4.90 Å². The Bertz CT molecular complexity index is 163. The third-order valence-electron chi connectivity index (χ3n) is 2.04. The summed E-state index contributed by atoms with van der Waals surface area (Å²) in [6, 6.07) is -0.583. The summed E-state index contributed by atoms with van der Waals surface area (Å²) in [4.78, 5) is 12.7. The summed E-state index contributed by atoms with van der Waals surface area (Å²) in [7, 11) is 3.10. The zero-order valence-corrected chi connectivity index (χ0v) is 9.02. The molecule has 0 aromatic heterocycles. The maximum atomic E-state index is 10.9. The molecule has 0 saturated heterocycles. The van der Waals surface area contributed by atoms with Gasteiger partial charge >= 0.3 is 5.97 Å². The fourth-order valence-corrected chi connectivity index (χ4v) is 1.23. The average molecular weight is 205 g/mol. The van der Waals surface area contributed by atoms with Crippen molar-refractivity contribution >= 4 is 5.97 Å². The Morgan fingerprint density at radius 2 is 2.07 bits per heavy atom. The second-order valence-electron chi connectivity index (χ2n) is 2.93. The van der Waals surface area contributed by atoms with Crippen LogP contribution in [-0.2, 0) is 14.3 Å². The number of carbonyl (C=O) groups is 1. The quantitative estimate of drug-likeness (QED) is 0.607. The van der Waals surface area contributed by atoms with Gasteiger partial charge in [-0.15, -0.1) is 0 Å². The van der Waals surface area contributed by atoms with Gasteiger partial charge in [-0.05, 0) is 6.54 Å². The molecule has 0 aliphatic carbocycles.